The number of hydrogen-bond acceptors (Lipinski definition) is 6. The first-order chi connectivity index (χ1) is 9.88. The molecule has 1 aliphatic rings. The van der Waals surface area contributed by atoms with Gasteiger partial charge >= 0.3 is 7.60 Å². The maximum Gasteiger partial charge on any atom is 0.390 e. The number of allylic oxidation sites excluding steroid dienone is 1. The number of imidazole rings is 1. The Labute approximate surface area is 119 Å². The predicted molar refractivity (Wildman–Crippen MR) is 74.1 cm³/mol. The molecule has 0 unspecified atom stereocenters. The van der Waals surface area contributed by atoms with Gasteiger partial charge in [0.1, 0.15) is 17.9 Å². The van der Waals surface area contributed by atoms with Gasteiger partial charge in [0, 0.05) is 0 Å². The largest absolute Gasteiger partial charge is 0.481 e. The van der Waals surface area contributed by atoms with E-state index in [9.17, 15) is 4.57 Å². The van der Waals surface area contributed by atoms with Crippen molar-refractivity contribution < 1.29 is 19.1 Å². The Balaban J connectivity index is 1.99. The Kier molecular flexibility index (Phi) is 3.20. The van der Waals surface area contributed by atoms with Crippen molar-refractivity contribution in [2.75, 3.05) is 5.73 Å². The van der Waals surface area contributed by atoms with Crippen LogP contribution in [0.5, 0.6) is 0 Å². The minimum atomic E-state index is -4.37. The van der Waals surface area contributed by atoms with E-state index in [4.69, 9.17) is 20.3 Å². The SMILES string of the molecule is C[C@@H]1OC(P(=O)(O)O)=CC[C@@H]1n1cnc2c(N)ncnc21. The Hall–Kier alpha value is -1.96. The summed E-state index contributed by atoms with van der Waals surface area (Å²) in [5, 5.41) is 0. The lowest BCUT2D eigenvalue weighted by atomic mass is 10.1. The lowest BCUT2D eigenvalue weighted by Gasteiger charge is -2.30. The van der Waals surface area contributed by atoms with Crippen LogP contribution in [0.4, 0.5) is 5.82 Å². The molecule has 0 radical (unpaired) electrons. The van der Waals surface area contributed by atoms with Crippen molar-refractivity contribution in [3.05, 3.63) is 24.2 Å². The molecular formula is C11H14N5O4P. The van der Waals surface area contributed by atoms with E-state index in [0.29, 0.717) is 17.6 Å². The monoisotopic (exact) mass is 311 g/mol. The maximum atomic E-state index is 11.2. The third-order valence-corrected chi connectivity index (χ3v) is 4.28. The van der Waals surface area contributed by atoms with Crippen LogP contribution in [0.2, 0.25) is 0 Å². The highest BCUT2D eigenvalue weighted by Gasteiger charge is 2.33. The van der Waals surface area contributed by atoms with Crippen molar-refractivity contribution in [3.8, 4) is 0 Å². The highest BCUT2D eigenvalue weighted by Crippen LogP contribution is 2.49. The van der Waals surface area contributed by atoms with Crippen molar-refractivity contribution in [2.45, 2.75) is 25.5 Å². The second-order valence-electron chi connectivity index (χ2n) is 4.80. The molecule has 10 heteroatoms. The highest BCUT2D eigenvalue weighted by atomic mass is 31.2. The molecule has 2 aromatic rings. The number of nitrogen functional groups attached to an aromatic ring is 1. The van der Waals surface area contributed by atoms with Crippen LogP contribution in [0.1, 0.15) is 19.4 Å². The molecule has 9 nitrogen and oxygen atoms in total. The summed E-state index contributed by atoms with van der Waals surface area (Å²) < 4.78 is 18.4. The molecule has 0 aliphatic carbocycles. The normalized spacial score (nSPS) is 22.9. The van der Waals surface area contributed by atoms with Crippen molar-refractivity contribution in [3.63, 3.8) is 0 Å². The van der Waals surface area contributed by atoms with E-state index < -0.39 is 13.7 Å². The van der Waals surface area contributed by atoms with Gasteiger partial charge in [-0.25, -0.2) is 15.0 Å². The van der Waals surface area contributed by atoms with Crippen molar-refractivity contribution in [1.82, 2.24) is 19.5 Å². The number of aromatic nitrogens is 4. The third kappa shape index (κ3) is 2.39. The van der Waals surface area contributed by atoms with Gasteiger partial charge in [-0.1, -0.05) is 0 Å². The first kappa shape index (κ1) is 14.0. The zero-order chi connectivity index (χ0) is 15.2. The molecule has 0 saturated carbocycles. The molecule has 1 aliphatic heterocycles. The minimum Gasteiger partial charge on any atom is -0.481 e. The Morgan fingerprint density at radius 2 is 2.19 bits per heavy atom. The van der Waals surface area contributed by atoms with Crippen LogP contribution in [-0.4, -0.2) is 35.4 Å². The van der Waals surface area contributed by atoms with Crippen LogP contribution < -0.4 is 5.73 Å². The highest BCUT2D eigenvalue weighted by molar-refractivity contribution is 7.56. The molecule has 0 spiro atoms. The van der Waals surface area contributed by atoms with E-state index in [1.807, 2.05) is 0 Å². The van der Waals surface area contributed by atoms with Crippen molar-refractivity contribution in [2.24, 2.45) is 0 Å². The fraction of sp³-hybridized carbons (Fsp3) is 0.364. The molecule has 21 heavy (non-hydrogen) atoms. The van der Waals surface area contributed by atoms with Gasteiger partial charge in [0.15, 0.2) is 11.5 Å². The van der Waals surface area contributed by atoms with Crippen LogP contribution in [0, 0.1) is 0 Å². The van der Waals surface area contributed by atoms with Gasteiger partial charge in [0.05, 0.1) is 12.4 Å². The zero-order valence-electron chi connectivity index (χ0n) is 11.1. The molecule has 0 bridgehead atoms. The van der Waals surface area contributed by atoms with Crippen molar-refractivity contribution >= 4 is 24.6 Å². The number of ether oxygens (including phenoxy) is 1. The summed E-state index contributed by atoms with van der Waals surface area (Å²) in [5.41, 5.74) is 6.51. The van der Waals surface area contributed by atoms with E-state index >= 15 is 0 Å². The molecule has 2 atom stereocenters. The average Bonchev–Trinajstić information content (AvgIpc) is 2.83. The Bertz CT molecular complexity index is 767. The van der Waals surface area contributed by atoms with Gasteiger partial charge in [-0.2, -0.15) is 0 Å². The summed E-state index contributed by atoms with van der Waals surface area (Å²) in [4.78, 5) is 30.5. The topological polar surface area (TPSA) is 136 Å². The standard InChI is InChI=1S/C11H14N5O4P/c1-6-7(2-3-8(20-6)21(17,18)19)16-5-15-9-10(12)13-4-14-11(9)16/h3-7H,2H2,1H3,(H2,12,13,14)(H2,17,18,19)/t6-,7-/m0/s1. The number of rotatable bonds is 2. The Morgan fingerprint density at radius 3 is 2.86 bits per heavy atom. The molecule has 2 aromatic heterocycles. The molecule has 3 rings (SSSR count). The van der Waals surface area contributed by atoms with Gasteiger partial charge in [0.2, 0.25) is 5.50 Å². The lowest BCUT2D eigenvalue weighted by molar-refractivity contribution is 0.0771. The lowest BCUT2D eigenvalue weighted by Crippen LogP contribution is -2.27. The minimum absolute atomic E-state index is 0.181. The number of fused-ring (bicyclic) bond motifs is 1. The van der Waals surface area contributed by atoms with E-state index in [0.717, 1.165) is 0 Å². The van der Waals surface area contributed by atoms with Crippen LogP contribution in [-0.2, 0) is 9.30 Å². The molecule has 4 N–H and O–H groups in total. The van der Waals surface area contributed by atoms with Gasteiger partial charge in [-0.3, -0.25) is 4.57 Å². The van der Waals surface area contributed by atoms with E-state index in [1.54, 1.807) is 17.8 Å². The summed E-state index contributed by atoms with van der Waals surface area (Å²) in [6.07, 6.45) is 4.29. The van der Waals surface area contributed by atoms with Crippen LogP contribution in [0.3, 0.4) is 0 Å². The zero-order valence-corrected chi connectivity index (χ0v) is 12.0. The first-order valence-corrected chi connectivity index (χ1v) is 7.85. The van der Waals surface area contributed by atoms with Crippen molar-refractivity contribution in [1.29, 1.82) is 0 Å². The molecule has 0 amide bonds. The fourth-order valence-corrected chi connectivity index (χ4v) is 3.02. The van der Waals surface area contributed by atoms with Crippen LogP contribution >= 0.6 is 7.60 Å². The second kappa shape index (κ2) is 4.80. The quantitative estimate of drug-likeness (QED) is 0.692. The summed E-state index contributed by atoms with van der Waals surface area (Å²) in [6.45, 7) is 1.74. The molecule has 0 aromatic carbocycles. The summed E-state index contributed by atoms with van der Waals surface area (Å²) in [7, 11) is -4.37. The smallest absolute Gasteiger partial charge is 0.390 e. The number of anilines is 1. The predicted octanol–water partition coefficient (Wildman–Crippen LogP) is 0.777. The third-order valence-electron chi connectivity index (χ3n) is 3.41. The van der Waals surface area contributed by atoms with E-state index in [2.05, 4.69) is 15.0 Å². The van der Waals surface area contributed by atoms with E-state index in [-0.39, 0.29) is 17.4 Å². The second-order valence-corrected chi connectivity index (χ2v) is 6.32. The van der Waals surface area contributed by atoms with Gasteiger partial charge in [0.25, 0.3) is 0 Å². The number of hydrogen-bond donors (Lipinski definition) is 3. The fourth-order valence-electron chi connectivity index (χ4n) is 2.37. The maximum absolute atomic E-state index is 11.2. The Morgan fingerprint density at radius 1 is 1.43 bits per heavy atom. The number of nitrogens with zero attached hydrogens (tertiary/aromatic N) is 4. The van der Waals surface area contributed by atoms with Gasteiger partial charge < -0.3 is 24.8 Å². The molecule has 0 saturated heterocycles. The van der Waals surface area contributed by atoms with E-state index in [1.165, 1.54) is 12.4 Å². The summed E-state index contributed by atoms with van der Waals surface area (Å²) >= 11 is 0. The number of nitrogens with two attached hydrogens (primary N) is 1. The van der Waals surface area contributed by atoms with Gasteiger partial charge in [-0.15, -0.1) is 0 Å². The summed E-state index contributed by atoms with van der Waals surface area (Å²) in [6, 6.07) is -0.181. The molecule has 112 valence electrons. The van der Waals surface area contributed by atoms with Crippen LogP contribution in [0.25, 0.3) is 11.2 Å². The molecule has 3 heterocycles. The van der Waals surface area contributed by atoms with Gasteiger partial charge in [-0.05, 0) is 19.4 Å². The molecular weight excluding hydrogens is 297 g/mol. The summed E-state index contributed by atoms with van der Waals surface area (Å²) in [5.74, 6) is 0.287. The first-order valence-electron chi connectivity index (χ1n) is 6.24. The molecule has 0 fully saturated rings. The average molecular weight is 311 g/mol. The van der Waals surface area contributed by atoms with Crippen LogP contribution in [0.15, 0.2) is 24.2 Å².